The number of aryl methyl sites for hydroxylation is 2. The molecule has 172 valence electrons. The van der Waals surface area contributed by atoms with E-state index >= 15 is 0 Å². The minimum Gasteiger partial charge on any atom is -0.338 e. The molecule has 0 aliphatic carbocycles. The normalized spacial score (nSPS) is 11.9. The fourth-order valence-electron chi connectivity index (χ4n) is 3.73. The smallest absolute Gasteiger partial charge is 0.242 e. The lowest BCUT2D eigenvalue weighted by Crippen LogP contribution is -2.42. The van der Waals surface area contributed by atoms with Gasteiger partial charge in [0.25, 0.3) is 0 Å². The number of hydrogen-bond donors (Lipinski definition) is 2. The van der Waals surface area contributed by atoms with Crippen LogP contribution >= 0.6 is 0 Å². The number of nitrogens with one attached hydrogen (secondary N) is 2. The number of nitrogens with zero attached hydrogens (tertiary/aromatic N) is 2. The van der Waals surface area contributed by atoms with Crippen LogP contribution in [0, 0.1) is 26.2 Å². The Morgan fingerprint density at radius 3 is 2.35 bits per heavy atom. The van der Waals surface area contributed by atoms with Crippen molar-refractivity contribution >= 4 is 32.3 Å². The van der Waals surface area contributed by atoms with Crippen LogP contribution in [0.4, 0.5) is 11.5 Å². The number of sulfonamides is 1. The number of terminal acetylenes is 1. The second kappa shape index (κ2) is 8.90. The third kappa shape index (κ3) is 4.79. The number of fused-ring (bicyclic) bond motifs is 1. The summed E-state index contributed by atoms with van der Waals surface area (Å²) in [6.45, 7) is 7.06. The van der Waals surface area contributed by atoms with Gasteiger partial charge in [0, 0.05) is 22.0 Å². The van der Waals surface area contributed by atoms with E-state index < -0.39 is 15.6 Å². The average molecular weight is 471 g/mol. The molecule has 0 aliphatic rings. The van der Waals surface area contributed by atoms with E-state index in [9.17, 15) is 8.42 Å². The first kappa shape index (κ1) is 23.4. The van der Waals surface area contributed by atoms with E-state index in [4.69, 9.17) is 6.42 Å². The highest BCUT2D eigenvalue weighted by molar-refractivity contribution is 7.89. The Balaban J connectivity index is 1.81. The van der Waals surface area contributed by atoms with Crippen molar-refractivity contribution in [2.45, 2.75) is 38.1 Å². The SMILES string of the molecule is C#CC(C)(C)NS(=O)(=O)c1cc(-c2nnc(Nc3cccc(C)c3)c3ccccc23)ccc1C. The number of hydrogen-bond acceptors (Lipinski definition) is 5. The first-order valence-electron chi connectivity index (χ1n) is 10.8. The van der Waals surface area contributed by atoms with Gasteiger partial charge in [-0.3, -0.25) is 0 Å². The molecule has 2 N–H and O–H groups in total. The summed E-state index contributed by atoms with van der Waals surface area (Å²) in [7, 11) is -3.85. The lowest BCUT2D eigenvalue weighted by atomic mass is 10.0. The molecule has 3 aromatic carbocycles. The zero-order valence-corrected chi connectivity index (χ0v) is 20.4. The van der Waals surface area contributed by atoms with Gasteiger partial charge in [-0.1, -0.05) is 54.5 Å². The Bertz CT molecular complexity index is 1540. The van der Waals surface area contributed by atoms with Gasteiger partial charge < -0.3 is 5.32 Å². The molecule has 0 spiro atoms. The summed E-state index contributed by atoms with van der Waals surface area (Å²) < 4.78 is 28.8. The van der Waals surface area contributed by atoms with Gasteiger partial charge in [0.1, 0.15) is 5.69 Å². The lowest BCUT2D eigenvalue weighted by molar-refractivity contribution is 0.538. The first-order valence-corrected chi connectivity index (χ1v) is 12.3. The summed E-state index contributed by atoms with van der Waals surface area (Å²) in [6.07, 6.45) is 5.49. The maximum atomic E-state index is 13.1. The zero-order valence-electron chi connectivity index (χ0n) is 19.5. The Morgan fingerprint density at radius 2 is 1.65 bits per heavy atom. The molecule has 0 unspecified atom stereocenters. The maximum Gasteiger partial charge on any atom is 0.242 e. The highest BCUT2D eigenvalue weighted by atomic mass is 32.2. The highest BCUT2D eigenvalue weighted by Gasteiger charge is 2.26. The largest absolute Gasteiger partial charge is 0.338 e. The summed E-state index contributed by atoms with van der Waals surface area (Å²) in [5, 5.41) is 14.0. The van der Waals surface area contributed by atoms with E-state index in [1.807, 2.05) is 61.5 Å². The molecule has 0 bridgehead atoms. The molecule has 0 fully saturated rings. The molecule has 4 rings (SSSR count). The molecule has 6 nitrogen and oxygen atoms in total. The Kier molecular flexibility index (Phi) is 6.13. The lowest BCUT2D eigenvalue weighted by Gasteiger charge is -2.20. The van der Waals surface area contributed by atoms with Crippen LogP contribution in [-0.4, -0.2) is 24.2 Å². The Labute approximate surface area is 200 Å². The van der Waals surface area contributed by atoms with E-state index in [0.29, 0.717) is 22.6 Å². The minimum absolute atomic E-state index is 0.154. The molecule has 4 aromatic rings. The van der Waals surface area contributed by atoms with Crippen molar-refractivity contribution in [2.75, 3.05) is 5.32 Å². The fourth-order valence-corrected chi connectivity index (χ4v) is 5.34. The van der Waals surface area contributed by atoms with Gasteiger partial charge in [-0.05, 0) is 57.0 Å². The summed E-state index contributed by atoms with van der Waals surface area (Å²) in [5.74, 6) is 3.09. The van der Waals surface area contributed by atoms with Gasteiger partial charge in [0.2, 0.25) is 10.0 Å². The highest BCUT2D eigenvalue weighted by Crippen LogP contribution is 2.33. The van der Waals surface area contributed by atoms with Crippen LogP contribution in [-0.2, 0) is 10.0 Å². The monoisotopic (exact) mass is 470 g/mol. The molecule has 0 aliphatic heterocycles. The van der Waals surface area contributed by atoms with E-state index in [1.165, 1.54) is 0 Å². The minimum atomic E-state index is -3.85. The quantitative estimate of drug-likeness (QED) is 0.371. The van der Waals surface area contributed by atoms with Crippen molar-refractivity contribution in [1.29, 1.82) is 0 Å². The average Bonchev–Trinajstić information content (AvgIpc) is 2.79. The fraction of sp³-hybridized carbons (Fsp3) is 0.185. The van der Waals surface area contributed by atoms with Crippen molar-refractivity contribution in [1.82, 2.24) is 14.9 Å². The van der Waals surface area contributed by atoms with Gasteiger partial charge in [-0.25, -0.2) is 8.42 Å². The van der Waals surface area contributed by atoms with Crippen LogP contribution in [0.2, 0.25) is 0 Å². The zero-order chi connectivity index (χ0) is 24.5. The van der Waals surface area contributed by atoms with Gasteiger partial charge in [-0.15, -0.1) is 16.6 Å². The molecule has 34 heavy (non-hydrogen) atoms. The predicted octanol–water partition coefficient (Wildman–Crippen LogP) is 5.35. The second-order valence-corrected chi connectivity index (χ2v) is 10.4. The summed E-state index contributed by atoms with van der Waals surface area (Å²) in [5.41, 5.74) is 2.89. The van der Waals surface area contributed by atoms with Crippen LogP contribution in [0.5, 0.6) is 0 Å². The second-order valence-electron chi connectivity index (χ2n) is 8.79. The van der Waals surface area contributed by atoms with Gasteiger partial charge in [0.15, 0.2) is 5.82 Å². The van der Waals surface area contributed by atoms with Crippen LogP contribution in [0.15, 0.2) is 71.6 Å². The van der Waals surface area contributed by atoms with E-state index in [2.05, 4.69) is 26.2 Å². The molecule has 7 heteroatoms. The van der Waals surface area contributed by atoms with Crippen molar-refractivity contribution in [3.8, 4) is 23.6 Å². The third-order valence-electron chi connectivity index (χ3n) is 5.47. The molecule has 1 heterocycles. The van der Waals surface area contributed by atoms with E-state index in [0.717, 1.165) is 22.0 Å². The maximum absolute atomic E-state index is 13.1. The van der Waals surface area contributed by atoms with E-state index in [-0.39, 0.29) is 4.90 Å². The molecule has 0 saturated heterocycles. The van der Waals surface area contributed by atoms with Crippen LogP contribution in [0.3, 0.4) is 0 Å². The van der Waals surface area contributed by atoms with Crippen LogP contribution < -0.4 is 10.0 Å². The van der Waals surface area contributed by atoms with E-state index in [1.54, 1.807) is 32.9 Å². The number of rotatable bonds is 6. The molecule has 0 amide bonds. The van der Waals surface area contributed by atoms with Crippen LogP contribution in [0.1, 0.15) is 25.0 Å². The molecule has 1 aromatic heterocycles. The van der Waals surface area contributed by atoms with Crippen molar-refractivity contribution in [3.05, 3.63) is 77.9 Å². The molecule has 0 saturated carbocycles. The molecule has 0 atom stereocenters. The first-order chi connectivity index (χ1) is 16.1. The topological polar surface area (TPSA) is 84.0 Å². The van der Waals surface area contributed by atoms with Gasteiger partial charge in [-0.2, -0.15) is 4.72 Å². The predicted molar refractivity (Wildman–Crippen MR) is 137 cm³/mol. The number of anilines is 2. The van der Waals surface area contributed by atoms with Gasteiger partial charge >= 0.3 is 0 Å². The number of aromatic nitrogens is 2. The third-order valence-corrected chi connectivity index (χ3v) is 7.27. The van der Waals surface area contributed by atoms with Crippen LogP contribution in [0.25, 0.3) is 22.0 Å². The van der Waals surface area contributed by atoms with Crippen molar-refractivity contribution in [2.24, 2.45) is 0 Å². The van der Waals surface area contributed by atoms with Crippen molar-refractivity contribution < 1.29 is 8.42 Å². The summed E-state index contributed by atoms with van der Waals surface area (Å²) in [6, 6.07) is 21.0. The van der Waals surface area contributed by atoms with Crippen molar-refractivity contribution in [3.63, 3.8) is 0 Å². The molecular formula is C27H26N4O2S. The Hall–Kier alpha value is -3.73. The molecule has 0 radical (unpaired) electrons. The summed E-state index contributed by atoms with van der Waals surface area (Å²) >= 11 is 0. The standard InChI is InChI=1S/C27H26N4O2S/c1-6-27(4,5)31-34(32,33)24-17-20(15-14-19(24)3)25-22-12-7-8-13-23(22)26(30-29-25)28-21-11-9-10-18(2)16-21/h1,7-17,31H,2-5H3,(H,28,30). The van der Waals surface area contributed by atoms with Gasteiger partial charge in [0.05, 0.1) is 10.4 Å². The number of benzene rings is 3. The summed E-state index contributed by atoms with van der Waals surface area (Å²) in [4.78, 5) is 0.154. The molecular weight excluding hydrogens is 444 g/mol. The Morgan fingerprint density at radius 1 is 0.912 bits per heavy atom.